The molecule has 0 aliphatic carbocycles. The van der Waals surface area contributed by atoms with E-state index in [4.69, 9.17) is 10.3 Å². The Kier molecular flexibility index (Phi) is 6.60. The number of piperidine rings is 1. The molecule has 170 valence electrons. The van der Waals surface area contributed by atoms with E-state index in [9.17, 15) is 14.0 Å². The van der Waals surface area contributed by atoms with Crippen molar-refractivity contribution >= 4 is 28.2 Å². The molecule has 0 radical (unpaired) electrons. The molecule has 33 heavy (non-hydrogen) atoms. The number of nitrogens with zero attached hydrogens (tertiary/aromatic N) is 2. The number of aromatic amines is 1. The minimum absolute atomic E-state index is 0.0457. The van der Waals surface area contributed by atoms with Crippen molar-refractivity contribution in [2.75, 3.05) is 25.5 Å². The number of hydrogen-bond donors (Lipinski definition) is 3. The van der Waals surface area contributed by atoms with Gasteiger partial charge in [0.2, 0.25) is 0 Å². The minimum atomic E-state index is -0.435. The van der Waals surface area contributed by atoms with Crippen LogP contribution < -0.4 is 10.9 Å². The summed E-state index contributed by atoms with van der Waals surface area (Å²) >= 11 is 0. The number of fused-ring (bicyclic) bond motifs is 1. The molecular weight excluding hydrogens is 425 g/mol. The van der Waals surface area contributed by atoms with Crippen LogP contribution in [0.1, 0.15) is 28.8 Å². The fourth-order valence-electron chi connectivity index (χ4n) is 3.90. The molecule has 1 fully saturated rings. The van der Waals surface area contributed by atoms with Crippen molar-refractivity contribution in [2.45, 2.75) is 18.9 Å². The monoisotopic (exact) mass is 449 g/mol. The van der Waals surface area contributed by atoms with E-state index < -0.39 is 11.4 Å². The largest absolute Gasteiger partial charge is 0.380 e. The van der Waals surface area contributed by atoms with Gasteiger partial charge in [0.1, 0.15) is 11.5 Å². The molecule has 1 aliphatic rings. The molecular formula is C24H24FN5O3. The lowest BCUT2D eigenvalue weighted by Gasteiger charge is -2.32. The summed E-state index contributed by atoms with van der Waals surface area (Å²) in [5.74, 6) is -0.473. The van der Waals surface area contributed by atoms with Crippen LogP contribution in [0.15, 0.2) is 64.6 Å². The highest BCUT2D eigenvalue weighted by atomic mass is 19.1. The number of hydrogen-bond acceptors (Lipinski definition) is 6. The fraction of sp³-hybridized carbons (Fsp3) is 0.250. The highest BCUT2D eigenvalue weighted by Crippen LogP contribution is 2.20. The molecule has 2 heterocycles. The second-order valence-electron chi connectivity index (χ2n) is 7.86. The van der Waals surface area contributed by atoms with Gasteiger partial charge in [-0.25, -0.2) is 9.92 Å². The Balaban J connectivity index is 1.50. The van der Waals surface area contributed by atoms with Gasteiger partial charge in [-0.1, -0.05) is 0 Å². The molecule has 1 atom stereocenters. The zero-order valence-electron chi connectivity index (χ0n) is 18.1. The number of carbonyl (C=O) groups excluding carboxylic acids is 1. The number of anilines is 1. The highest BCUT2D eigenvalue weighted by Gasteiger charge is 2.24. The van der Waals surface area contributed by atoms with Crippen LogP contribution in [-0.4, -0.2) is 42.1 Å². The van der Waals surface area contributed by atoms with E-state index >= 15 is 0 Å². The average Bonchev–Trinajstić information content (AvgIpc) is 2.84. The molecule has 0 unspecified atom stereocenters. The lowest BCUT2D eigenvalue weighted by molar-refractivity contribution is 0.0269. The molecule has 3 aromatic rings. The van der Waals surface area contributed by atoms with E-state index in [0.29, 0.717) is 35.2 Å². The molecule has 1 aliphatic heterocycles. The van der Waals surface area contributed by atoms with Crippen LogP contribution in [-0.2, 0) is 4.74 Å². The van der Waals surface area contributed by atoms with Crippen molar-refractivity contribution in [2.24, 2.45) is 5.11 Å². The van der Waals surface area contributed by atoms with Crippen molar-refractivity contribution in [3.8, 4) is 0 Å². The Morgan fingerprint density at radius 3 is 2.79 bits per heavy atom. The Morgan fingerprint density at radius 2 is 2.06 bits per heavy atom. The highest BCUT2D eigenvalue weighted by molar-refractivity contribution is 5.94. The number of carbonyl (C=O) groups is 1. The number of aromatic nitrogens is 1. The number of ether oxygens (including phenoxy) is 1. The van der Waals surface area contributed by atoms with Crippen LogP contribution in [0.4, 0.5) is 10.1 Å². The zero-order chi connectivity index (χ0) is 23.4. The molecule has 9 heteroatoms. The van der Waals surface area contributed by atoms with E-state index in [1.54, 1.807) is 36.3 Å². The predicted octanol–water partition coefficient (Wildman–Crippen LogP) is 4.36. The van der Waals surface area contributed by atoms with Crippen LogP contribution in [0.3, 0.4) is 0 Å². The molecule has 1 saturated heterocycles. The Hall–Kier alpha value is -3.85. The molecule has 0 spiro atoms. The maximum Gasteiger partial charge on any atom is 0.258 e. The van der Waals surface area contributed by atoms with Gasteiger partial charge in [-0.3, -0.25) is 9.59 Å². The number of benzene rings is 2. The third kappa shape index (κ3) is 4.98. The summed E-state index contributed by atoms with van der Waals surface area (Å²) in [6, 6.07) is 12.5. The van der Waals surface area contributed by atoms with E-state index in [0.717, 1.165) is 12.8 Å². The van der Waals surface area contributed by atoms with Crippen LogP contribution in [0, 0.1) is 11.3 Å². The number of pyridine rings is 1. The summed E-state index contributed by atoms with van der Waals surface area (Å²) in [6.07, 6.45) is 3.35. The summed E-state index contributed by atoms with van der Waals surface area (Å²) in [6.45, 7) is 1.29. The first-order chi connectivity index (χ1) is 16.0. The number of amides is 1. The SMILES string of the molecule is CO[C@H]1CCCN(C(=O)c2ccc(N/C=C(\N=N)c3cc4cc(F)ccc4[nH]c3=O)cc2)C1. The Bertz CT molecular complexity index is 1270. The first-order valence-electron chi connectivity index (χ1n) is 10.6. The van der Waals surface area contributed by atoms with Crippen molar-refractivity contribution in [1.82, 2.24) is 9.88 Å². The molecule has 8 nitrogen and oxygen atoms in total. The molecule has 2 aromatic carbocycles. The summed E-state index contributed by atoms with van der Waals surface area (Å²) in [4.78, 5) is 29.7. The van der Waals surface area contributed by atoms with E-state index in [1.165, 1.54) is 30.5 Å². The van der Waals surface area contributed by atoms with E-state index in [-0.39, 0.29) is 23.3 Å². The number of likely N-dealkylation sites (tertiary alicyclic amines) is 1. The third-order valence-corrected chi connectivity index (χ3v) is 5.71. The normalized spacial score (nSPS) is 16.6. The minimum Gasteiger partial charge on any atom is -0.380 e. The molecule has 4 rings (SSSR count). The van der Waals surface area contributed by atoms with Gasteiger partial charge < -0.3 is 19.9 Å². The van der Waals surface area contributed by atoms with Crippen molar-refractivity contribution in [3.05, 3.63) is 82.0 Å². The Morgan fingerprint density at radius 1 is 1.27 bits per heavy atom. The number of halogens is 1. The summed E-state index contributed by atoms with van der Waals surface area (Å²) < 4.78 is 18.9. The van der Waals surface area contributed by atoms with Crippen LogP contribution >= 0.6 is 0 Å². The van der Waals surface area contributed by atoms with E-state index in [1.807, 2.05) is 0 Å². The van der Waals surface area contributed by atoms with Gasteiger partial charge in [-0.15, -0.1) is 0 Å². The second-order valence-corrected chi connectivity index (χ2v) is 7.86. The lowest BCUT2D eigenvalue weighted by Crippen LogP contribution is -2.42. The van der Waals surface area contributed by atoms with Gasteiger partial charge in [-0.05, 0) is 61.4 Å². The van der Waals surface area contributed by atoms with Crippen molar-refractivity contribution in [1.29, 1.82) is 5.53 Å². The molecule has 1 aromatic heterocycles. The van der Waals surface area contributed by atoms with Gasteiger partial charge >= 0.3 is 0 Å². The molecule has 0 saturated carbocycles. The number of rotatable bonds is 6. The summed E-state index contributed by atoms with van der Waals surface area (Å²) in [5.41, 5.74) is 8.98. The predicted molar refractivity (Wildman–Crippen MR) is 124 cm³/mol. The third-order valence-electron chi connectivity index (χ3n) is 5.71. The van der Waals surface area contributed by atoms with Crippen LogP contribution in [0.2, 0.25) is 0 Å². The average molecular weight is 449 g/mol. The maximum atomic E-state index is 13.6. The maximum absolute atomic E-state index is 13.6. The number of methoxy groups -OCH3 is 1. The first-order valence-corrected chi connectivity index (χ1v) is 10.6. The quantitative estimate of drug-likeness (QED) is 0.486. The van der Waals surface area contributed by atoms with Gasteiger partial charge in [0, 0.05) is 48.6 Å². The lowest BCUT2D eigenvalue weighted by atomic mass is 10.1. The van der Waals surface area contributed by atoms with Gasteiger partial charge in [0.05, 0.1) is 11.7 Å². The summed E-state index contributed by atoms with van der Waals surface area (Å²) in [7, 11) is 1.66. The number of nitrogens with one attached hydrogen (secondary N) is 3. The first kappa shape index (κ1) is 22.3. The zero-order valence-corrected chi connectivity index (χ0v) is 18.1. The topological polar surface area (TPSA) is 111 Å². The molecule has 0 bridgehead atoms. The van der Waals surface area contributed by atoms with E-state index in [2.05, 4.69) is 15.4 Å². The van der Waals surface area contributed by atoms with Gasteiger partial charge in [0.15, 0.2) is 0 Å². The van der Waals surface area contributed by atoms with Gasteiger partial charge in [0.25, 0.3) is 11.5 Å². The van der Waals surface area contributed by atoms with Crippen molar-refractivity contribution < 1.29 is 13.9 Å². The van der Waals surface area contributed by atoms with Crippen molar-refractivity contribution in [3.63, 3.8) is 0 Å². The van der Waals surface area contributed by atoms with Crippen LogP contribution in [0.5, 0.6) is 0 Å². The Labute approximate surface area is 189 Å². The van der Waals surface area contributed by atoms with Crippen LogP contribution in [0.25, 0.3) is 16.6 Å². The molecule has 1 amide bonds. The summed E-state index contributed by atoms with van der Waals surface area (Å²) in [5, 5.41) is 6.94. The smallest absolute Gasteiger partial charge is 0.258 e. The molecule has 3 N–H and O–H groups in total. The van der Waals surface area contributed by atoms with Gasteiger partial charge in [-0.2, -0.15) is 5.11 Å². The fourth-order valence-corrected chi connectivity index (χ4v) is 3.90. The standard InChI is InChI=1S/C24H24FN5O3/c1-33-19-3-2-10-30(14-19)24(32)15-4-7-18(8-5-15)27-13-22(29-26)20-12-16-11-17(25)6-9-21(16)28-23(20)31/h4-9,11-13,19,26-27H,2-3,10,14H2,1H3,(H,28,31)/b22-13-,29-26?/t19-/m0/s1. The number of H-pyrrole nitrogens is 1. The second kappa shape index (κ2) is 9.74.